The molecule has 1 atom stereocenters. The van der Waals surface area contributed by atoms with E-state index in [0.717, 1.165) is 0 Å². The fourth-order valence-corrected chi connectivity index (χ4v) is 1.76. The molecule has 0 aliphatic carbocycles. The maximum atomic E-state index is 11.6. The number of hydrogen-bond donors (Lipinski definition) is 2. The highest BCUT2D eigenvalue weighted by atomic mass is 16.5. The van der Waals surface area contributed by atoms with Gasteiger partial charge in [-0.15, -0.1) is 0 Å². The summed E-state index contributed by atoms with van der Waals surface area (Å²) in [6.07, 6.45) is -0.521. The number of carbonyl (C=O) groups is 2. The summed E-state index contributed by atoms with van der Waals surface area (Å²) in [6, 6.07) is 7.23. The molecule has 0 saturated carbocycles. The van der Waals surface area contributed by atoms with Gasteiger partial charge in [0.15, 0.2) is 6.23 Å². The Balaban J connectivity index is 2.37. The smallest absolute Gasteiger partial charge is 0.325 e. The van der Waals surface area contributed by atoms with E-state index in [9.17, 15) is 9.59 Å². The molecule has 0 aliphatic heterocycles. The van der Waals surface area contributed by atoms with Gasteiger partial charge in [-0.25, -0.2) is 4.79 Å². The van der Waals surface area contributed by atoms with Crippen molar-refractivity contribution in [1.82, 2.24) is 10.6 Å². The largest absolute Gasteiger partial charge is 0.471 e. The van der Waals surface area contributed by atoms with Crippen LogP contribution in [-0.2, 0) is 9.53 Å². The third-order valence-electron chi connectivity index (χ3n) is 2.89. The van der Waals surface area contributed by atoms with Crippen LogP contribution in [0.4, 0.5) is 4.79 Å². The molecule has 0 spiro atoms. The summed E-state index contributed by atoms with van der Waals surface area (Å²) in [6.45, 7) is 7.77. The van der Waals surface area contributed by atoms with Crippen molar-refractivity contribution in [3.05, 3.63) is 29.8 Å². The molecule has 0 heterocycles. The third-order valence-corrected chi connectivity index (χ3v) is 2.89. The summed E-state index contributed by atoms with van der Waals surface area (Å²) >= 11 is 0. The molecule has 2 N–H and O–H groups in total. The molecule has 22 heavy (non-hydrogen) atoms. The Hall–Kier alpha value is -2.24. The molecule has 1 unspecified atom stereocenters. The van der Waals surface area contributed by atoms with E-state index in [1.54, 1.807) is 13.8 Å². The topological polar surface area (TPSA) is 76.7 Å². The van der Waals surface area contributed by atoms with Crippen LogP contribution in [0.1, 0.15) is 39.2 Å². The molecule has 0 fully saturated rings. The van der Waals surface area contributed by atoms with Gasteiger partial charge in [-0.3, -0.25) is 4.79 Å². The van der Waals surface area contributed by atoms with E-state index in [1.807, 2.05) is 24.3 Å². The highest BCUT2D eigenvalue weighted by Gasteiger charge is 2.10. The average molecular weight is 308 g/mol. The first-order valence-corrected chi connectivity index (χ1v) is 7.39. The fraction of sp³-hybridized carbons (Fsp3) is 0.500. The zero-order valence-electron chi connectivity index (χ0n) is 13.5. The van der Waals surface area contributed by atoms with Gasteiger partial charge in [0, 0.05) is 0 Å². The molecule has 1 aromatic rings. The van der Waals surface area contributed by atoms with Gasteiger partial charge in [0.2, 0.25) is 0 Å². The minimum atomic E-state index is -0.521. The Morgan fingerprint density at radius 1 is 1.14 bits per heavy atom. The van der Waals surface area contributed by atoms with Crippen LogP contribution in [0.15, 0.2) is 24.3 Å². The number of rotatable bonds is 7. The normalized spacial score (nSPS) is 11.7. The van der Waals surface area contributed by atoms with Crippen molar-refractivity contribution < 1.29 is 19.1 Å². The van der Waals surface area contributed by atoms with Crippen molar-refractivity contribution in [3.8, 4) is 5.75 Å². The Bertz CT molecular complexity index is 485. The van der Waals surface area contributed by atoms with Gasteiger partial charge in [0.25, 0.3) is 0 Å². The number of amides is 2. The van der Waals surface area contributed by atoms with Crippen molar-refractivity contribution in [2.24, 2.45) is 0 Å². The molecule has 0 radical (unpaired) electrons. The van der Waals surface area contributed by atoms with Gasteiger partial charge in [-0.1, -0.05) is 26.0 Å². The van der Waals surface area contributed by atoms with Gasteiger partial charge in [-0.2, -0.15) is 0 Å². The molecular formula is C16H24N2O4. The highest BCUT2D eigenvalue weighted by Crippen LogP contribution is 2.19. The zero-order valence-corrected chi connectivity index (χ0v) is 13.5. The Kier molecular flexibility index (Phi) is 7.22. The lowest BCUT2D eigenvalue weighted by Gasteiger charge is -2.17. The lowest BCUT2D eigenvalue weighted by Crippen LogP contribution is -2.45. The van der Waals surface area contributed by atoms with Crippen molar-refractivity contribution in [3.63, 3.8) is 0 Å². The zero-order chi connectivity index (χ0) is 16.5. The SMILES string of the molecule is CCOC(=O)CNC(=O)NC(C)Oc1ccc(C(C)C)cc1. The second-order valence-electron chi connectivity index (χ2n) is 5.12. The lowest BCUT2D eigenvalue weighted by atomic mass is 10.0. The van der Waals surface area contributed by atoms with Crippen LogP contribution >= 0.6 is 0 Å². The van der Waals surface area contributed by atoms with Gasteiger partial charge >= 0.3 is 12.0 Å². The summed E-state index contributed by atoms with van der Waals surface area (Å²) in [5.74, 6) is 0.649. The molecular weight excluding hydrogens is 284 g/mol. The van der Waals surface area contributed by atoms with Crippen LogP contribution < -0.4 is 15.4 Å². The Morgan fingerprint density at radius 3 is 2.32 bits per heavy atom. The fourth-order valence-electron chi connectivity index (χ4n) is 1.76. The van der Waals surface area contributed by atoms with E-state index in [2.05, 4.69) is 24.5 Å². The highest BCUT2D eigenvalue weighted by molar-refractivity contribution is 5.80. The molecule has 122 valence electrons. The molecule has 0 aromatic heterocycles. The van der Waals surface area contributed by atoms with Crippen molar-refractivity contribution >= 4 is 12.0 Å². The van der Waals surface area contributed by atoms with Crippen LogP contribution in [0.3, 0.4) is 0 Å². The van der Waals surface area contributed by atoms with E-state index < -0.39 is 18.2 Å². The summed E-state index contributed by atoms with van der Waals surface area (Å²) in [5, 5.41) is 4.99. The van der Waals surface area contributed by atoms with E-state index >= 15 is 0 Å². The molecule has 1 aromatic carbocycles. The monoisotopic (exact) mass is 308 g/mol. The lowest BCUT2D eigenvalue weighted by molar-refractivity contribution is -0.141. The number of benzene rings is 1. The van der Waals surface area contributed by atoms with Gasteiger partial charge in [0.1, 0.15) is 12.3 Å². The number of esters is 1. The molecule has 6 nitrogen and oxygen atoms in total. The predicted octanol–water partition coefficient (Wildman–Crippen LogP) is 2.40. The first-order chi connectivity index (χ1) is 10.4. The van der Waals surface area contributed by atoms with E-state index in [1.165, 1.54) is 5.56 Å². The number of nitrogens with one attached hydrogen (secondary N) is 2. The molecule has 0 aliphatic rings. The number of urea groups is 1. The predicted molar refractivity (Wildman–Crippen MR) is 83.8 cm³/mol. The number of ether oxygens (including phenoxy) is 2. The molecule has 6 heteroatoms. The van der Waals surface area contributed by atoms with E-state index in [4.69, 9.17) is 9.47 Å². The van der Waals surface area contributed by atoms with Crippen molar-refractivity contribution in [2.45, 2.75) is 39.8 Å². The van der Waals surface area contributed by atoms with Crippen LogP contribution in [0, 0.1) is 0 Å². The quantitative estimate of drug-likeness (QED) is 0.599. The summed E-state index contributed by atoms with van der Waals surface area (Å²) in [5.41, 5.74) is 1.22. The maximum Gasteiger partial charge on any atom is 0.325 e. The second kappa shape index (κ2) is 8.92. The standard InChI is InChI=1S/C16H24N2O4/c1-5-21-15(19)10-17-16(20)18-12(4)22-14-8-6-13(7-9-14)11(2)3/h6-9,11-12H,5,10H2,1-4H3,(H2,17,18,20). The van der Waals surface area contributed by atoms with E-state index in [-0.39, 0.29) is 13.2 Å². The molecule has 0 bridgehead atoms. The van der Waals surface area contributed by atoms with Gasteiger partial charge in [-0.05, 0) is 37.5 Å². The van der Waals surface area contributed by atoms with Crippen molar-refractivity contribution in [2.75, 3.05) is 13.2 Å². The van der Waals surface area contributed by atoms with Crippen LogP contribution in [0.2, 0.25) is 0 Å². The average Bonchev–Trinajstić information content (AvgIpc) is 2.46. The van der Waals surface area contributed by atoms with Crippen LogP contribution in [0.5, 0.6) is 5.75 Å². The maximum absolute atomic E-state index is 11.6. The summed E-state index contributed by atoms with van der Waals surface area (Å²) < 4.78 is 10.3. The van der Waals surface area contributed by atoms with Gasteiger partial charge < -0.3 is 20.1 Å². The van der Waals surface area contributed by atoms with Crippen LogP contribution in [0.25, 0.3) is 0 Å². The van der Waals surface area contributed by atoms with Crippen molar-refractivity contribution in [1.29, 1.82) is 0 Å². The minimum absolute atomic E-state index is 0.171. The van der Waals surface area contributed by atoms with Crippen LogP contribution in [-0.4, -0.2) is 31.4 Å². The first kappa shape index (κ1) is 17.8. The number of hydrogen-bond acceptors (Lipinski definition) is 4. The summed E-state index contributed by atoms with van der Waals surface area (Å²) in [7, 11) is 0. The Labute approximate surface area is 131 Å². The minimum Gasteiger partial charge on any atom is -0.471 e. The molecule has 0 saturated heterocycles. The Morgan fingerprint density at radius 2 is 1.77 bits per heavy atom. The number of carbonyl (C=O) groups excluding carboxylic acids is 2. The second-order valence-corrected chi connectivity index (χ2v) is 5.12. The summed E-state index contributed by atoms with van der Waals surface area (Å²) in [4.78, 5) is 22.7. The van der Waals surface area contributed by atoms with Gasteiger partial charge in [0.05, 0.1) is 6.61 Å². The first-order valence-electron chi connectivity index (χ1n) is 7.39. The van der Waals surface area contributed by atoms with E-state index in [0.29, 0.717) is 11.7 Å². The third kappa shape index (κ3) is 6.47. The molecule has 2 amide bonds. The molecule has 1 rings (SSSR count).